The number of rotatable bonds is 6. The molecule has 0 fully saturated rings. The molecule has 0 aliphatic carbocycles. The van der Waals surface area contributed by atoms with E-state index in [4.69, 9.17) is 0 Å². The van der Waals surface area contributed by atoms with Crippen molar-refractivity contribution in [3.63, 3.8) is 0 Å². The van der Waals surface area contributed by atoms with Gasteiger partial charge in [-0.15, -0.1) is 21.5 Å². The summed E-state index contributed by atoms with van der Waals surface area (Å²) < 4.78 is 2.98. The molecule has 6 nitrogen and oxygen atoms in total. The first-order valence-electron chi connectivity index (χ1n) is 8.24. The van der Waals surface area contributed by atoms with E-state index in [9.17, 15) is 4.79 Å². The Kier molecular flexibility index (Phi) is 4.39. The fourth-order valence-electron chi connectivity index (χ4n) is 2.70. The highest BCUT2D eigenvalue weighted by Crippen LogP contribution is 2.22. The molecule has 4 rings (SSSR count). The summed E-state index contributed by atoms with van der Waals surface area (Å²) in [6, 6.07) is 13.8. The van der Waals surface area contributed by atoms with Crippen molar-refractivity contribution in [1.29, 1.82) is 0 Å². The second-order valence-electron chi connectivity index (χ2n) is 5.78. The van der Waals surface area contributed by atoms with Crippen LogP contribution in [0.3, 0.4) is 0 Å². The Hall–Kier alpha value is -2.80. The molecule has 3 heterocycles. The molecule has 0 spiro atoms. The van der Waals surface area contributed by atoms with E-state index in [1.165, 1.54) is 4.70 Å². The van der Waals surface area contributed by atoms with E-state index in [-0.39, 0.29) is 5.91 Å². The van der Waals surface area contributed by atoms with Crippen molar-refractivity contribution in [3.05, 3.63) is 53.7 Å². The average molecular weight is 351 g/mol. The third kappa shape index (κ3) is 3.51. The smallest absolute Gasteiger partial charge is 0.235 e. The lowest BCUT2D eigenvalue weighted by molar-refractivity contribution is -0.116. The van der Waals surface area contributed by atoms with Gasteiger partial charge in [0.25, 0.3) is 0 Å². The van der Waals surface area contributed by atoms with Gasteiger partial charge in [0.15, 0.2) is 5.65 Å². The number of aryl methyl sites for hydroxylation is 1. The molecule has 0 radical (unpaired) electrons. The number of nitrogens with zero attached hydrogens (tertiary/aromatic N) is 4. The van der Waals surface area contributed by atoms with Gasteiger partial charge in [0.1, 0.15) is 0 Å². The summed E-state index contributed by atoms with van der Waals surface area (Å²) >= 11 is 1.73. The Labute approximate surface area is 148 Å². The van der Waals surface area contributed by atoms with E-state index in [1.807, 2.05) is 42.6 Å². The number of aromatic nitrogens is 4. The first-order chi connectivity index (χ1) is 12.3. The predicted molar refractivity (Wildman–Crippen MR) is 98.8 cm³/mol. The highest BCUT2D eigenvalue weighted by molar-refractivity contribution is 7.18. The predicted octanol–water partition coefficient (Wildman–Crippen LogP) is 3.69. The third-order valence-electron chi connectivity index (χ3n) is 3.95. The lowest BCUT2D eigenvalue weighted by Gasteiger charge is -2.03. The van der Waals surface area contributed by atoms with Crippen molar-refractivity contribution in [2.75, 3.05) is 5.32 Å². The minimum Gasteiger partial charge on any atom is -0.294 e. The second-order valence-corrected chi connectivity index (χ2v) is 6.90. The van der Waals surface area contributed by atoms with Crippen LogP contribution in [0.5, 0.6) is 0 Å². The number of para-hydroxylation sites is 1. The first kappa shape index (κ1) is 15.7. The van der Waals surface area contributed by atoms with E-state index in [1.54, 1.807) is 15.7 Å². The number of hydrogen-bond acceptors (Lipinski definition) is 5. The maximum Gasteiger partial charge on any atom is 0.235 e. The molecule has 25 heavy (non-hydrogen) atoms. The quantitative estimate of drug-likeness (QED) is 0.538. The molecule has 1 N–H and O–H groups in total. The number of amides is 1. The molecule has 1 aromatic carbocycles. The zero-order chi connectivity index (χ0) is 17.1. The number of fused-ring (bicyclic) bond motifs is 2. The summed E-state index contributed by atoms with van der Waals surface area (Å²) in [6.07, 6.45) is 4.96. The van der Waals surface area contributed by atoms with Gasteiger partial charge in [-0.25, -0.2) is 4.98 Å². The highest BCUT2D eigenvalue weighted by Gasteiger charge is 2.09. The maximum atomic E-state index is 12.1. The molecule has 0 saturated carbocycles. The van der Waals surface area contributed by atoms with Crippen LogP contribution in [0.4, 0.5) is 5.95 Å². The minimum absolute atomic E-state index is 0.0394. The lowest BCUT2D eigenvalue weighted by Crippen LogP contribution is -2.13. The van der Waals surface area contributed by atoms with Crippen LogP contribution in [0.25, 0.3) is 15.9 Å². The zero-order valence-electron chi connectivity index (χ0n) is 13.6. The van der Waals surface area contributed by atoms with E-state index in [2.05, 4.69) is 26.6 Å². The normalized spacial score (nSPS) is 11.2. The van der Waals surface area contributed by atoms with E-state index < -0.39 is 0 Å². The Bertz CT molecular complexity index is 989. The fraction of sp³-hybridized carbons (Fsp3) is 0.222. The lowest BCUT2D eigenvalue weighted by atomic mass is 10.2. The van der Waals surface area contributed by atoms with Crippen LogP contribution in [-0.4, -0.2) is 25.5 Å². The van der Waals surface area contributed by atoms with Crippen LogP contribution < -0.4 is 5.32 Å². The van der Waals surface area contributed by atoms with Crippen molar-refractivity contribution in [2.24, 2.45) is 0 Å². The molecule has 0 atom stereocenters. The van der Waals surface area contributed by atoms with Crippen LogP contribution in [-0.2, 0) is 11.2 Å². The third-order valence-corrected chi connectivity index (χ3v) is 5.04. The molecule has 1 amide bonds. The number of nitrogens with one attached hydrogen (secondary N) is 1. The van der Waals surface area contributed by atoms with Gasteiger partial charge < -0.3 is 0 Å². The zero-order valence-corrected chi connectivity index (χ0v) is 14.4. The summed E-state index contributed by atoms with van der Waals surface area (Å²) in [5.41, 5.74) is 1.77. The number of benzene rings is 1. The summed E-state index contributed by atoms with van der Waals surface area (Å²) in [4.78, 5) is 16.7. The van der Waals surface area contributed by atoms with Crippen LogP contribution in [0.1, 0.15) is 24.3 Å². The summed E-state index contributed by atoms with van der Waals surface area (Å²) in [6.45, 7) is 0. The van der Waals surface area contributed by atoms with Gasteiger partial charge >= 0.3 is 0 Å². The van der Waals surface area contributed by atoms with E-state index in [0.717, 1.165) is 29.8 Å². The first-order valence-corrected chi connectivity index (χ1v) is 9.05. The van der Waals surface area contributed by atoms with Crippen LogP contribution in [0, 0.1) is 0 Å². The number of anilines is 1. The standard InChI is InChI=1S/C18H17N5OS/c24-16(20-18-22-21-15-9-5-6-12-23(15)18)10-3-4-11-17-19-13-7-1-2-8-14(13)25-17/h1-2,5-9,12H,3-4,10-11H2,(H,20,22,24). The number of thiazole rings is 1. The molecular formula is C18H17N5OS. The second kappa shape index (κ2) is 6.98. The van der Waals surface area contributed by atoms with Crippen molar-refractivity contribution in [2.45, 2.75) is 25.7 Å². The number of unbranched alkanes of at least 4 members (excludes halogenated alkanes) is 1. The molecule has 3 aromatic heterocycles. The molecule has 0 saturated heterocycles. The number of carbonyl (C=O) groups excluding carboxylic acids is 1. The number of carbonyl (C=O) groups is 1. The Morgan fingerprint density at radius 1 is 1.08 bits per heavy atom. The number of pyridine rings is 1. The molecule has 0 aliphatic heterocycles. The van der Waals surface area contributed by atoms with E-state index >= 15 is 0 Å². The van der Waals surface area contributed by atoms with Gasteiger partial charge in [-0.2, -0.15) is 0 Å². The van der Waals surface area contributed by atoms with E-state index in [0.29, 0.717) is 18.0 Å². The molecule has 7 heteroatoms. The van der Waals surface area contributed by atoms with Gasteiger partial charge in [-0.05, 0) is 43.5 Å². The van der Waals surface area contributed by atoms with Gasteiger partial charge in [-0.1, -0.05) is 18.2 Å². The highest BCUT2D eigenvalue weighted by atomic mass is 32.1. The van der Waals surface area contributed by atoms with Crippen molar-refractivity contribution in [1.82, 2.24) is 19.6 Å². The van der Waals surface area contributed by atoms with Crippen LogP contribution >= 0.6 is 11.3 Å². The Morgan fingerprint density at radius 3 is 2.88 bits per heavy atom. The molecule has 4 aromatic rings. The van der Waals surface area contributed by atoms with Gasteiger partial charge in [0.05, 0.1) is 15.2 Å². The van der Waals surface area contributed by atoms with Crippen molar-refractivity contribution >= 4 is 39.1 Å². The fourth-order valence-corrected chi connectivity index (χ4v) is 3.71. The molecule has 0 unspecified atom stereocenters. The summed E-state index contributed by atoms with van der Waals surface area (Å²) in [5, 5.41) is 12.0. The summed E-state index contributed by atoms with van der Waals surface area (Å²) in [5.74, 6) is 0.425. The molecule has 126 valence electrons. The molecular weight excluding hydrogens is 334 g/mol. The average Bonchev–Trinajstić information content (AvgIpc) is 3.23. The van der Waals surface area contributed by atoms with Gasteiger partial charge in [0.2, 0.25) is 11.9 Å². The molecule has 0 aliphatic rings. The SMILES string of the molecule is O=C(CCCCc1nc2ccccc2s1)Nc1nnc2ccccn12. The maximum absolute atomic E-state index is 12.1. The number of hydrogen-bond donors (Lipinski definition) is 1. The molecule has 0 bridgehead atoms. The van der Waals surface area contributed by atoms with Crippen molar-refractivity contribution < 1.29 is 4.79 Å². The Balaban J connectivity index is 1.27. The Morgan fingerprint density at radius 2 is 1.96 bits per heavy atom. The topological polar surface area (TPSA) is 72.2 Å². The monoisotopic (exact) mass is 351 g/mol. The van der Waals surface area contributed by atoms with Crippen molar-refractivity contribution in [3.8, 4) is 0 Å². The van der Waals surface area contributed by atoms with Gasteiger partial charge in [-0.3, -0.25) is 14.5 Å². The summed E-state index contributed by atoms with van der Waals surface area (Å²) in [7, 11) is 0. The van der Waals surface area contributed by atoms with Crippen LogP contribution in [0.15, 0.2) is 48.7 Å². The minimum atomic E-state index is -0.0394. The largest absolute Gasteiger partial charge is 0.294 e. The van der Waals surface area contributed by atoms with Crippen LogP contribution in [0.2, 0.25) is 0 Å². The van der Waals surface area contributed by atoms with Gasteiger partial charge in [0, 0.05) is 12.6 Å².